The van der Waals surface area contributed by atoms with Gasteiger partial charge in [0.25, 0.3) is 0 Å². The smallest absolute Gasteiger partial charge is 0.323 e. The van der Waals surface area contributed by atoms with Gasteiger partial charge < -0.3 is 9.47 Å². The standard InChI is InChI=1S/C16H20ClNO3/c1-20-16(19)14-4-2-3-6-18(14)10-12-9-13(17)8-11-5-7-21-15(11)12/h8-9,14H,2-7,10H2,1H3/t14-/m1/s1. The van der Waals surface area contributed by atoms with Crippen LogP contribution in [-0.2, 0) is 22.5 Å². The van der Waals surface area contributed by atoms with Crippen molar-refractivity contribution in [1.29, 1.82) is 0 Å². The van der Waals surface area contributed by atoms with Gasteiger partial charge in [-0.1, -0.05) is 18.0 Å². The van der Waals surface area contributed by atoms with Crippen molar-refractivity contribution in [2.24, 2.45) is 0 Å². The number of carbonyl (C=O) groups is 1. The van der Waals surface area contributed by atoms with Gasteiger partial charge in [0.1, 0.15) is 11.8 Å². The van der Waals surface area contributed by atoms with Crippen LogP contribution in [0.4, 0.5) is 0 Å². The lowest BCUT2D eigenvalue weighted by Crippen LogP contribution is -2.44. The second-order valence-corrected chi connectivity index (χ2v) is 6.09. The van der Waals surface area contributed by atoms with E-state index in [1.165, 1.54) is 12.7 Å². The number of fused-ring (bicyclic) bond motifs is 1. The number of likely N-dealkylation sites (tertiary alicyclic amines) is 1. The van der Waals surface area contributed by atoms with Gasteiger partial charge >= 0.3 is 5.97 Å². The van der Waals surface area contributed by atoms with Gasteiger partial charge in [-0.15, -0.1) is 0 Å². The van der Waals surface area contributed by atoms with Gasteiger partial charge in [-0.3, -0.25) is 9.69 Å². The average Bonchev–Trinajstić information content (AvgIpc) is 2.95. The molecule has 2 heterocycles. The van der Waals surface area contributed by atoms with E-state index in [4.69, 9.17) is 21.1 Å². The molecule has 0 bridgehead atoms. The van der Waals surface area contributed by atoms with Crippen LogP contribution in [-0.4, -0.2) is 37.2 Å². The Balaban J connectivity index is 1.83. The van der Waals surface area contributed by atoms with E-state index in [0.717, 1.165) is 48.6 Å². The third-order valence-corrected chi connectivity index (χ3v) is 4.50. The molecule has 4 nitrogen and oxygen atoms in total. The molecule has 21 heavy (non-hydrogen) atoms. The largest absolute Gasteiger partial charge is 0.493 e. The van der Waals surface area contributed by atoms with E-state index in [-0.39, 0.29) is 12.0 Å². The van der Waals surface area contributed by atoms with Gasteiger partial charge in [0.15, 0.2) is 0 Å². The number of methoxy groups -OCH3 is 1. The van der Waals surface area contributed by atoms with Crippen LogP contribution < -0.4 is 4.74 Å². The Morgan fingerprint density at radius 3 is 3.14 bits per heavy atom. The molecule has 0 unspecified atom stereocenters. The predicted octanol–water partition coefficient (Wildman–Crippen LogP) is 2.80. The molecule has 1 aromatic carbocycles. The Hall–Kier alpha value is -1.26. The number of rotatable bonds is 3. The number of hydrogen-bond acceptors (Lipinski definition) is 4. The Labute approximate surface area is 130 Å². The average molecular weight is 310 g/mol. The monoisotopic (exact) mass is 309 g/mol. The highest BCUT2D eigenvalue weighted by atomic mass is 35.5. The summed E-state index contributed by atoms with van der Waals surface area (Å²) in [6.45, 7) is 2.30. The lowest BCUT2D eigenvalue weighted by molar-refractivity contribution is -0.148. The van der Waals surface area contributed by atoms with E-state index >= 15 is 0 Å². The van der Waals surface area contributed by atoms with Crippen LogP contribution in [0.3, 0.4) is 0 Å². The Kier molecular flexibility index (Phi) is 4.36. The van der Waals surface area contributed by atoms with Gasteiger partial charge in [-0.05, 0) is 37.1 Å². The highest BCUT2D eigenvalue weighted by Gasteiger charge is 2.30. The van der Waals surface area contributed by atoms with Gasteiger partial charge in [0.05, 0.1) is 13.7 Å². The third kappa shape index (κ3) is 3.01. The highest BCUT2D eigenvalue weighted by molar-refractivity contribution is 6.30. The van der Waals surface area contributed by atoms with Crippen molar-refractivity contribution < 1.29 is 14.3 Å². The molecule has 1 atom stereocenters. The Morgan fingerprint density at radius 2 is 2.33 bits per heavy atom. The molecule has 0 N–H and O–H groups in total. The number of benzene rings is 1. The lowest BCUT2D eigenvalue weighted by Gasteiger charge is -2.34. The summed E-state index contributed by atoms with van der Waals surface area (Å²) in [6.07, 6.45) is 3.94. The number of esters is 1. The topological polar surface area (TPSA) is 38.8 Å². The first-order valence-electron chi connectivity index (χ1n) is 7.45. The fourth-order valence-electron chi connectivity index (χ4n) is 3.27. The summed E-state index contributed by atoms with van der Waals surface area (Å²) >= 11 is 6.21. The number of carbonyl (C=O) groups excluding carboxylic acids is 1. The van der Waals surface area contributed by atoms with Crippen LogP contribution in [0.1, 0.15) is 30.4 Å². The second kappa shape index (κ2) is 6.24. The molecule has 0 saturated carbocycles. The molecule has 0 aromatic heterocycles. The molecule has 3 rings (SSSR count). The number of halogens is 1. The molecule has 1 fully saturated rings. The number of piperidine rings is 1. The van der Waals surface area contributed by atoms with Crippen molar-refractivity contribution >= 4 is 17.6 Å². The SMILES string of the molecule is COC(=O)[C@H]1CCCCN1Cc1cc(Cl)cc2c1OCC2. The fourth-order valence-corrected chi connectivity index (χ4v) is 3.53. The molecular weight excluding hydrogens is 290 g/mol. The molecule has 114 valence electrons. The van der Waals surface area contributed by atoms with Crippen LogP contribution >= 0.6 is 11.6 Å². The van der Waals surface area contributed by atoms with Gasteiger partial charge in [0, 0.05) is 23.6 Å². The molecule has 1 aromatic rings. The first-order valence-corrected chi connectivity index (χ1v) is 7.83. The van der Waals surface area contributed by atoms with Crippen LogP contribution in [0, 0.1) is 0 Å². The maximum atomic E-state index is 11.9. The number of ether oxygens (including phenoxy) is 2. The zero-order valence-corrected chi connectivity index (χ0v) is 13.0. The van der Waals surface area contributed by atoms with Crippen molar-refractivity contribution in [3.8, 4) is 5.75 Å². The summed E-state index contributed by atoms with van der Waals surface area (Å²) in [5.74, 6) is 0.808. The van der Waals surface area contributed by atoms with Crippen molar-refractivity contribution in [2.45, 2.75) is 38.3 Å². The van der Waals surface area contributed by atoms with E-state index in [1.54, 1.807) is 0 Å². The maximum absolute atomic E-state index is 11.9. The van der Waals surface area contributed by atoms with E-state index in [9.17, 15) is 4.79 Å². The summed E-state index contributed by atoms with van der Waals surface area (Å²) in [4.78, 5) is 14.1. The second-order valence-electron chi connectivity index (χ2n) is 5.66. The van der Waals surface area contributed by atoms with Crippen LogP contribution in [0.5, 0.6) is 5.75 Å². The first kappa shape index (κ1) is 14.7. The third-order valence-electron chi connectivity index (χ3n) is 4.29. The molecular formula is C16H20ClNO3. The van der Waals surface area contributed by atoms with Gasteiger partial charge in [-0.2, -0.15) is 0 Å². The summed E-state index contributed by atoms with van der Waals surface area (Å²) < 4.78 is 10.7. The molecule has 0 amide bonds. The summed E-state index contributed by atoms with van der Waals surface area (Å²) in [7, 11) is 1.45. The van der Waals surface area contributed by atoms with Crippen LogP contribution in [0.2, 0.25) is 5.02 Å². The molecule has 5 heteroatoms. The number of hydrogen-bond donors (Lipinski definition) is 0. The molecule has 0 aliphatic carbocycles. The summed E-state index contributed by atoms with van der Waals surface area (Å²) in [5, 5.41) is 0.737. The minimum absolute atomic E-state index is 0.144. The minimum Gasteiger partial charge on any atom is -0.493 e. The van der Waals surface area contributed by atoms with Gasteiger partial charge in [-0.25, -0.2) is 0 Å². The highest BCUT2D eigenvalue weighted by Crippen LogP contribution is 2.34. The normalized spacial score (nSPS) is 21.7. The summed E-state index contributed by atoms with van der Waals surface area (Å²) in [6, 6.07) is 3.77. The van der Waals surface area contributed by atoms with Gasteiger partial charge in [0.2, 0.25) is 0 Å². The molecule has 2 aliphatic rings. The zero-order valence-electron chi connectivity index (χ0n) is 12.2. The summed E-state index contributed by atoms with van der Waals surface area (Å²) in [5.41, 5.74) is 2.25. The van der Waals surface area contributed by atoms with E-state index in [0.29, 0.717) is 13.2 Å². The fraction of sp³-hybridized carbons (Fsp3) is 0.562. The van der Waals surface area contributed by atoms with Crippen molar-refractivity contribution in [3.63, 3.8) is 0 Å². The maximum Gasteiger partial charge on any atom is 0.323 e. The van der Waals surface area contributed by atoms with Crippen molar-refractivity contribution in [1.82, 2.24) is 4.90 Å². The number of nitrogens with zero attached hydrogens (tertiary/aromatic N) is 1. The molecule has 0 spiro atoms. The predicted molar refractivity (Wildman–Crippen MR) is 80.7 cm³/mol. The molecule has 0 radical (unpaired) electrons. The van der Waals surface area contributed by atoms with Crippen LogP contribution in [0.15, 0.2) is 12.1 Å². The van der Waals surface area contributed by atoms with E-state index in [1.807, 2.05) is 12.1 Å². The van der Waals surface area contributed by atoms with E-state index < -0.39 is 0 Å². The molecule has 2 aliphatic heterocycles. The Bertz CT molecular complexity index is 547. The van der Waals surface area contributed by atoms with Crippen LogP contribution in [0.25, 0.3) is 0 Å². The van der Waals surface area contributed by atoms with Crippen molar-refractivity contribution in [3.05, 3.63) is 28.3 Å². The molecule has 1 saturated heterocycles. The quantitative estimate of drug-likeness (QED) is 0.805. The lowest BCUT2D eigenvalue weighted by atomic mass is 10.00. The zero-order chi connectivity index (χ0) is 14.8. The first-order chi connectivity index (χ1) is 10.2. The van der Waals surface area contributed by atoms with E-state index in [2.05, 4.69) is 4.90 Å². The Morgan fingerprint density at radius 1 is 1.48 bits per heavy atom. The minimum atomic E-state index is -0.153. The van der Waals surface area contributed by atoms with Crippen molar-refractivity contribution in [2.75, 3.05) is 20.3 Å².